The van der Waals surface area contributed by atoms with E-state index in [2.05, 4.69) is 55.6 Å². The van der Waals surface area contributed by atoms with Gasteiger partial charge >= 0.3 is 0 Å². The Hall–Kier alpha value is -2.11. The van der Waals surface area contributed by atoms with Crippen molar-refractivity contribution in [3.05, 3.63) is 71.3 Å². The SMILES string of the molecule is CC(C)CCNC(SC(C=O)CC(=O)N1CCC2(CCc3ccccc32)CC1)c1ccccc1. The lowest BCUT2D eigenvalue weighted by Crippen LogP contribution is -2.45. The van der Waals surface area contributed by atoms with Crippen molar-refractivity contribution >= 4 is 24.0 Å². The molecule has 2 aromatic carbocycles. The van der Waals surface area contributed by atoms with Crippen molar-refractivity contribution in [2.24, 2.45) is 5.92 Å². The standard InChI is InChI=1S/C29H38N2O2S/c1-22(2)13-17-30-28(24-9-4-3-5-10-24)34-25(21-32)20-27(33)31-18-15-29(16-19-31)14-12-23-8-6-7-11-26(23)29/h3-11,21-22,25,28,30H,12-20H2,1-2H3. The molecule has 0 bridgehead atoms. The fourth-order valence-electron chi connectivity index (χ4n) is 5.45. The van der Waals surface area contributed by atoms with Crippen LogP contribution in [0.1, 0.15) is 68.0 Å². The minimum atomic E-state index is -0.354. The smallest absolute Gasteiger partial charge is 0.224 e. The highest BCUT2D eigenvalue weighted by atomic mass is 32.2. The van der Waals surface area contributed by atoms with Gasteiger partial charge in [0.25, 0.3) is 0 Å². The number of carbonyl (C=O) groups is 2. The molecule has 2 aliphatic rings. The second kappa shape index (κ2) is 11.5. The summed E-state index contributed by atoms with van der Waals surface area (Å²) in [6, 6.07) is 19.1. The van der Waals surface area contributed by atoms with Gasteiger partial charge in [-0.3, -0.25) is 4.79 Å². The summed E-state index contributed by atoms with van der Waals surface area (Å²) in [5.74, 6) is 0.728. The molecule has 0 radical (unpaired) electrons. The zero-order chi connectivity index (χ0) is 24.0. The van der Waals surface area contributed by atoms with Crippen LogP contribution in [0.2, 0.25) is 0 Å². The molecule has 1 aliphatic carbocycles. The Morgan fingerprint density at radius 3 is 2.47 bits per heavy atom. The van der Waals surface area contributed by atoms with Crippen LogP contribution in [0.3, 0.4) is 0 Å². The summed E-state index contributed by atoms with van der Waals surface area (Å²) >= 11 is 1.57. The molecule has 1 fully saturated rings. The van der Waals surface area contributed by atoms with E-state index in [-0.39, 0.29) is 28.4 Å². The number of amides is 1. The van der Waals surface area contributed by atoms with E-state index in [4.69, 9.17) is 0 Å². The van der Waals surface area contributed by atoms with Gasteiger partial charge in [0.2, 0.25) is 5.91 Å². The molecule has 1 N–H and O–H groups in total. The largest absolute Gasteiger partial charge is 0.343 e. The van der Waals surface area contributed by atoms with Gasteiger partial charge < -0.3 is 15.0 Å². The number of nitrogens with zero attached hydrogens (tertiary/aromatic N) is 1. The van der Waals surface area contributed by atoms with Crippen LogP contribution in [0.5, 0.6) is 0 Å². The number of nitrogens with one attached hydrogen (secondary N) is 1. The molecule has 34 heavy (non-hydrogen) atoms. The molecule has 1 amide bonds. The van der Waals surface area contributed by atoms with Crippen LogP contribution in [-0.2, 0) is 21.4 Å². The van der Waals surface area contributed by atoms with Crippen LogP contribution in [0, 0.1) is 5.92 Å². The van der Waals surface area contributed by atoms with Crippen molar-refractivity contribution < 1.29 is 9.59 Å². The number of likely N-dealkylation sites (tertiary alicyclic amines) is 1. The van der Waals surface area contributed by atoms with E-state index in [1.165, 1.54) is 17.5 Å². The molecule has 2 aromatic rings. The van der Waals surface area contributed by atoms with Gasteiger partial charge in [0.15, 0.2) is 0 Å². The number of hydrogen-bond donors (Lipinski definition) is 1. The summed E-state index contributed by atoms with van der Waals surface area (Å²) < 4.78 is 0. The number of hydrogen-bond acceptors (Lipinski definition) is 4. The topological polar surface area (TPSA) is 49.4 Å². The molecule has 1 spiro atoms. The summed E-state index contributed by atoms with van der Waals surface area (Å²) in [6.07, 6.45) is 6.71. The first-order chi connectivity index (χ1) is 16.5. The Bertz CT molecular complexity index is 954. The van der Waals surface area contributed by atoms with Crippen molar-refractivity contribution in [3.63, 3.8) is 0 Å². The molecule has 1 heterocycles. The number of piperidine rings is 1. The lowest BCUT2D eigenvalue weighted by molar-refractivity contribution is -0.133. The highest BCUT2D eigenvalue weighted by molar-refractivity contribution is 8.00. The lowest BCUT2D eigenvalue weighted by Gasteiger charge is -2.40. The lowest BCUT2D eigenvalue weighted by atomic mass is 9.74. The second-order valence-electron chi connectivity index (χ2n) is 10.3. The average molecular weight is 479 g/mol. The molecule has 1 saturated heterocycles. The van der Waals surface area contributed by atoms with E-state index in [0.717, 1.165) is 57.2 Å². The molecule has 4 nitrogen and oxygen atoms in total. The fourth-order valence-corrected chi connectivity index (χ4v) is 6.63. The van der Waals surface area contributed by atoms with Crippen LogP contribution in [-0.4, -0.2) is 42.0 Å². The molecule has 5 heteroatoms. The Labute approximate surface area is 208 Å². The van der Waals surface area contributed by atoms with E-state index in [1.807, 2.05) is 23.1 Å². The summed E-state index contributed by atoms with van der Waals surface area (Å²) in [7, 11) is 0. The number of thioether (sulfide) groups is 1. The zero-order valence-corrected chi connectivity index (χ0v) is 21.4. The Morgan fingerprint density at radius 1 is 1.06 bits per heavy atom. The van der Waals surface area contributed by atoms with E-state index < -0.39 is 0 Å². The van der Waals surface area contributed by atoms with Crippen LogP contribution in [0.25, 0.3) is 0 Å². The molecule has 2 atom stereocenters. The first-order valence-corrected chi connectivity index (χ1v) is 13.7. The van der Waals surface area contributed by atoms with Crippen molar-refractivity contribution in [1.82, 2.24) is 10.2 Å². The first kappa shape index (κ1) is 25.0. The van der Waals surface area contributed by atoms with Crippen LogP contribution in [0.15, 0.2) is 54.6 Å². The van der Waals surface area contributed by atoms with Gasteiger partial charge in [0.1, 0.15) is 6.29 Å². The Morgan fingerprint density at radius 2 is 1.76 bits per heavy atom. The average Bonchev–Trinajstić information content (AvgIpc) is 3.21. The van der Waals surface area contributed by atoms with Crippen LogP contribution >= 0.6 is 11.8 Å². The van der Waals surface area contributed by atoms with Gasteiger partial charge in [0, 0.05) is 19.5 Å². The second-order valence-corrected chi connectivity index (χ2v) is 11.6. The third-order valence-electron chi connectivity index (χ3n) is 7.53. The van der Waals surface area contributed by atoms with Crippen molar-refractivity contribution in [3.8, 4) is 0 Å². The van der Waals surface area contributed by atoms with Gasteiger partial charge in [-0.1, -0.05) is 68.4 Å². The predicted molar refractivity (Wildman–Crippen MR) is 141 cm³/mol. The monoisotopic (exact) mass is 478 g/mol. The quantitative estimate of drug-likeness (QED) is 0.361. The van der Waals surface area contributed by atoms with Gasteiger partial charge in [0.05, 0.1) is 10.6 Å². The van der Waals surface area contributed by atoms with Crippen molar-refractivity contribution in [2.75, 3.05) is 19.6 Å². The maximum absolute atomic E-state index is 13.2. The molecular formula is C29H38N2O2S. The minimum absolute atomic E-state index is 0.00238. The first-order valence-electron chi connectivity index (χ1n) is 12.8. The summed E-state index contributed by atoms with van der Waals surface area (Å²) in [4.78, 5) is 27.2. The third kappa shape index (κ3) is 5.92. The molecule has 0 saturated carbocycles. The number of aryl methyl sites for hydroxylation is 1. The fraction of sp³-hybridized carbons (Fsp3) is 0.517. The van der Waals surface area contributed by atoms with Crippen molar-refractivity contribution in [2.45, 2.75) is 68.4 Å². The number of fused-ring (bicyclic) bond motifs is 2. The number of benzene rings is 2. The molecule has 4 rings (SSSR count). The summed E-state index contributed by atoms with van der Waals surface area (Å²) in [5, 5.41) is 3.25. The summed E-state index contributed by atoms with van der Waals surface area (Å²) in [6.45, 7) is 6.90. The zero-order valence-electron chi connectivity index (χ0n) is 20.5. The van der Waals surface area contributed by atoms with Gasteiger partial charge in [-0.25, -0.2) is 0 Å². The molecular weight excluding hydrogens is 440 g/mol. The van der Waals surface area contributed by atoms with Crippen LogP contribution < -0.4 is 5.32 Å². The molecule has 2 unspecified atom stereocenters. The predicted octanol–water partition coefficient (Wildman–Crippen LogP) is 5.52. The molecule has 182 valence electrons. The molecule has 0 aromatic heterocycles. The highest BCUT2D eigenvalue weighted by Crippen LogP contribution is 2.46. The van der Waals surface area contributed by atoms with Crippen LogP contribution in [0.4, 0.5) is 0 Å². The van der Waals surface area contributed by atoms with Gasteiger partial charge in [-0.05, 0) is 66.7 Å². The van der Waals surface area contributed by atoms with Gasteiger partial charge in [-0.2, -0.15) is 0 Å². The van der Waals surface area contributed by atoms with E-state index >= 15 is 0 Å². The summed E-state index contributed by atoms with van der Waals surface area (Å²) in [5.41, 5.74) is 4.37. The van der Waals surface area contributed by atoms with E-state index in [9.17, 15) is 9.59 Å². The number of aldehydes is 1. The highest BCUT2D eigenvalue weighted by Gasteiger charge is 2.41. The van der Waals surface area contributed by atoms with E-state index in [1.54, 1.807) is 11.8 Å². The van der Waals surface area contributed by atoms with E-state index in [0.29, 0.717) is 5.92 Å². The van der Waals surface area contributed by atoms with Crippen molar-refractivity contribution in [1.29, 1.82) is 0 Å². The number of rotatable bonds is 10. The Kier molecular flexibility index (Phi) is 8.49. The normalized spacial score (nSPS) is 18.6. The minimum Gasteiger partial charge on any atom is -0.343 e. The molecule has 1 aliphatic heterocycles. The number of carbonyl (C=O) groups excluding carboxylic acids is 2. The Balaban J connectivity index is 1.34. The third-order valence-corrected chi connectivity index (χ3v) is 8.87. The maximum Gasteiger partial charge on any atom is 0.224 e. The van der Waals surface area contributed by atoms with Gasteiger partial charge in [-0.15, -0.1) is 11.8 Å². The maximum atomic E-state index is 13.2.